The maximum atomic E-state index is 11.6. The molecule has 1 N–H and O–H groups in total. The Morgan fingerprint density at radius 1 is 1.29 bits per heavy atom. The standard InChI is InChI=1S/C13H10Cl2N2O4/c1-20-12(18)7(5-16)6-17-10-4-8(14)3-9(11(10)15)13(19)21-2/h3-4,6,17H,1-2H3. The molecule has 0 aliphatic rings. The van der Waals surface area contributed by atoms with Crippen molar-refractivity contribution in [3.63, 3.8) is 0 Å². The number of nitrogens with one attached hydrogen (secondary N) is 1. The average Bonchev–Trinajstić information content (AvgIpc) is 2.49. The Kier molecular flexibility index (Phi) is 6.03. The highest BCUT2D eigenvalue weighted by Gasteiger charge is 2.16. The van der Waals surface area contributed by atoms with Gasteiger partial charge < -0.3 is 14.8 Å². The molecule has 1 aromatic carbocycles. The summed E-state index contributed by atoms with van der Waals surface area (Å²) in [6.07, 6.45) is 1.10. The van der Waals surface area contributed by atoms with Gasteiger partial charge in [-0.25, -0.2) is 9.59 Å². The first kappa shape index (κ1) is 16.8. The summed E-state index contributed by atoms with van der Waals surface area (Å²) in [7, 11) is 2.35. The van der Waals surface area contributed by atoms with Crippen LogP contribution in [0.25, 0.3) is 0 Å². The summed E-state index contributed by atoms with van der Waals surface area (Å²) in [4.78, 5) is 22.8. The van der Waals surface area contributed by atoms with E-state index in [4.69, 9.17) is 28.5 Å². The third-order valence-electron chi connectivity index (χ3n) is 2.34. The molecule has 0 saturated heterocycles. The van der Waals surface area contributed by atoms with E-state index in [-0.39, 0.29) is 26.9 Å². The fourth-order valence-electron chi connectivity index (χ4n) is 1.35. The molecule has 1 rings (SSSR count). The first-order valence-electron chi connectivity index (χ1n) is 5.47. The number of benzene rings is 1. The second kappa shape index (κ2) is 7.53. The van der Waals surface area contributed by atoms with E-state index in [0.717, 1.165) is 13.3 Å². The smallest absolute Gasteiger partial charge is 0.350 e. The van der Waals surface area contributed by atoms with Gasteiger partial charge in [0.2, 0.25) is 0 Å². The summed E-state index contributed by atoms with van der Waals surface area (Å²) >= 11 is 11.9. The molecule has 0 aromatic heterocycles. The molecule has 1 aromatic rings. The number of hydrogen-bond acceptors (Lipinski definition) is 6. The Hall–Kier alpha value is -2.23. The van der Waals surface area contributed by atoms with Gasteiger partial charge in [-0.3, -0.25) is 0 Å². The van der Waals surface area contributed by atoms with Gasteiger partial charge in [-0.2, -0.15) is 5.26 Å². The van der Waals surface area contributed by atoms with Crippen LogP contribution in [0.1, 0.15) is 10.4 Å². The Balaban J connectivity index is 3.18. The minimum Gasteiger partial charge on any atom is -0.465 e. The SMILES string of the molecule is COC(=O)C(C#N)=CNc1cc(Cl)cc(C(=O)OC)c1Cl. The molecule has 0 radical (unpaired) electrons. The summed E-state index contributed by atoms with van der Waals surface area (Å²) in [6.45, 7) is 0. The highest BCUT2D eigenvalue weighted by molar-refractivity contribution is 6.38. The molecule has 6 nitrogen and oxygen atoms in total. The van der Waals surface area contributed by atoms with Crippen molar-refractivity contribution in [1.82, 2.24) is 0 Å². The number of esters is 2. The number of nitriles is 1. The molecule has 0 unspecified atom stereocenters. The largest absolute Gasteiger partial charge is 0.465 e. The van der Waals surface area contributed by atoms with E-state index in [1.54, 1.807) is 6.07 Å². The summed E-state index contributed by atoms with van der Waals surface area (Å²) in [6, 6.07) is 4.44. The molecule has 0 atom stereocenters. The molecule has 0 saturated carbocycles. The van der Waals surface area contributed by atoms with Crippen molar-refractivity contribution in [3.8, 4) is 6.07 Å². The van der Waals surface area contributed by atoms with E-state index in [0.29, 0.717) is 0 Å². The second-order valence-corrected chi connectivity index (χ2v) is 4.43. The molecule has 0 aliphatic carbocycles. The number of rotatable bonds is 4. The molecule has 0 bridgehead atoms. The maximum Gasteiger partial charge on any atom is 0.350 e. The lowest BCUT2D eigenvalue weighted by Crippen LogP contribution is -2.07. The predicted octanol–water partition coefficient (Wildman–Crippen LogP) is 2.77. The van der Waals surface area contributed by atoms with Crippen LogP contribution in [0.4, 0.5) is 5.69 Å². The maximum absolute atomic E-state index is 11.6. The van der Waals surface area contributed by atoms with Crippen LogP contribution in [0.3, 0.4) is 0 Å². The van der Waals surface area contributed by atoms with E-state index in [1.165, 1.54) is 19.2 Å². The lowest BCUT2D eigenvalue weighted by atomic mass is 10.2. The Morgan fingerprint density at radius 2 is 1.95 bits per heavy atom. The number of nitrogens with zero attached hydrogens (tertiary/aromatic N) is 1. The zero-order valence-electron chi connectivity index (χ0n) is 11.1. The van der Waals surface area contributed by atoms with E-state index < -0.39 is 11.9 Å². The van der Waals surface area contributed by atoms with Crippen molar-refractivity contribution >= 4 is 40.8 Å². The molecule has 0 aliphatic heterocycles. The van der Waals surface area contributed by atoms with E-state index in [9.17, 15) is 9.59 Å². The number of hydrogen-bond donors (Lipinski definition) is 1. The number of halogens is 2. The third kappa shape index (κ3) is 4.12. The summed E-state index contributed by atoms with van der Waals surface area (Å²) < 4.78 is 9.00. The number of carbonyl (C=O) groups is 2. The second-order valence-electron chi connectivity index (χ2n) is 3.61. The highest BCUT2D eigenvalue weighted by Crippen LogP contribution is 2.30. The van der Waals surface area contributed by atoms with Gasteiger partial charge >= 0.3 is 11.9 Å². The molecule has 0 amide bonds. The van der Waals surface area contributed by atoms with E-state index in [1.807, 2.05) is 0 Å². The van der Waals surface area contributed by atoms with Gasteiger partial charge in [0.25, 0.3) is 0 Å². The quantitative estimate of drug-likeness (QED) is 0.519. The van der Waals surface area contributed by atoms with Crippen LogP contribution in [-0.4, -0.2) is 26.2 Å². The van der Waals surface area contributed by atoms with Crippen molar-refractivity contribution < 1.29 is 19.1 Å². The lowest BCUT2D eigenvalue weighted by molar-refractivity contribution is -0.135. The molecule has 0 spiro atoms. The van der Waals surface area contributed by atoms with Crippen LogP contribution in [0.5, 0.6) is 0 Å². The van der Waals surface area contributed by atoms with Crippen LogP contribution in [0, 0.1) is 11.3 Å². The van der Waals surface area contributed by atoms with Crippen molar-refractivity contribution in [3.05, 3.63) is 39.5 Å². The molecule has 21 heavy (non-hydrogen) atoms. The van der Waals surface area contributed by atoms with Crippen molar-refractivity contribution in [2.24, 2.45) is 0 Å². The summed E-state index contributed by atoms with van der Waals surface area (Å²) in [5, 5.41) is 11.7. The topological polar surface area (TPSA) is 88.4 Å². The number of anilines is 1. The normalized spacial score (nSPS) is 10.5. The van der Waals surface area contributed by atoms with Gasteiger partial charge in [-0.05, 0) is 12.1 Å². The minimum absolute atomic E-state index is 0.0460. The number of ether oxygens (including phenoxy) is 2. The molecular weight excluding hydrogens is 319 g/mol. The minimum atomic E-state index is -0.809. The number of carbonyl (C=O) groups excluding carboxylic acids is 2. The lowest BCUT2D eigenvalue weighted by Gasteiger charge is -2.09. The third-order valence-corrected chi connectivity index (χ3v) is 2.97. The summed E-state index contributed by atoms with van der Waals surface area (Å²) in [5.41, 5.74) is 0.0218. The van der Waals surface area contributed by atoms with Crippen LogP contribution >= 0.6 is 23.2 Å². The van der Waals surface area contributed by atoms with Crippen molar-refractivity contribution in [1.29, 1.82) is 5.26 Å². The number of methoxy groups -OCH3 is 2. The van der Waals surface area contributed by atoms with Gasteiger partial charge in [0, 0.05) is 11.2 Å². The molecule has 8 heteroatoms. The predicted molar refractivity (Wildman–Crippen MR) is 77.1 cm³/mol. The molecule has 0 heterocycles. The zero-order valence-corrected chi connectivity index (χ0v) is 12.6. The fourth-order valence-corrected chi connectivity index (χ4v) is 1.81. The van der Waals surface area contributed by atoms with Crippen LogP contribution < -0.4 is 5.32 Å². The Labute approximate surface area is 130 Å². The molecular formula is C13H10Cl2N2O4. The Bertz CT molecular complexity index is 650. The van der Waals surface area contributed by atoms with E-state index >= 15 is 0 Å². The van der Waals surface area contributed by atoms with Crippen LogP contribution in [0.15, 0.2) is 23.9 Å². The van der Waals surface area contributed by atoms with Gasteiger partial charge in [0.1, 0.15) is 6.07 Å². The molecule has 0 fully saturated rings. The zero-order chi connectivity index (χ0) is 16.0. The van der Waals surface area contributed by atoms with Crippen molar-refractivity contribution in [2.45, 2.75) is 0 Å². The van der Waals surface area contributed by atoms with Crippen LogP contribution in [-0.2, 0) is 14.3 Å². The van der Waals surface area contributed by atoms with Crippen molar-refractivity contribution in [2.75, 3.05) is 19.5 Å². The molecule has 110 valence electrons. The Morgan fingerprint density at radius 3 is 2.48 bits per heavy atom. The monoisotopic (exact) mass is 328 g/mol. The first-order valence-corrected chi connectivity index (χ1v) is 6.22. The van der Waals surface area contributed by atoms with Gasteiger partial charge in [0.05, 0.1) is 30.5 Å². The summed E-state index contributed by atoms with van der Waals surface area (Å²) in [5.74, 6) is -1.47. The van der Waals surface area contributed by atoms with Gasteiger partial charge in [0.15, 0.2) is 5.57 Å². The van der Waals surface area contributed by atoms with Gasteiger partial charge in [-0.15, -0.1) is 0 Å². The average molecular weight is 329 g/mol. The highest BCUT2D eigenvalue weighted by atomic mass is 35.5. The van der Waals surface area contributed by atoms with Crippen LogP contribution in [0.2, 0.25) is 10.0 Å². The fraction of sp³-hybridized carbons (Fsp3) is 0.154. The van der Waals surface area contributed by atoms with E-state index in [2.05, 4.69) is 14.8 Å². The first-order chi connectivity index (χ1) is 9.94. The van der Waals surface area contributed by atoms with Gasteiger partial charge in [-0.1, -0.05) is 23.2 Å².